The number of benzene rings is 2. The Bertz CT molecular complexity index is 1360. The van der Waals surface area contributed by atoms with Crippen LogP contribution < -0.4 is 5.32 Å². The maximum atomic E-state index is 13.2. The number of nitrogens with zero attached hydrogens (tertiary/aromatic N) is 5. The van der Waals surface area contributed by atoms with Crippen molar-refractivity contribution in [3.05, 3.63) is 84.4 Å². The molecule has 1 N–H and O–H groups in total. The van der Waals surface area contributed by atoms with Crippen molar-refractivity contribution in [3.63, 3.8) is 0 Å². The van der Waals surface area contributed by atoms with Gasteiger partial charge in [0, 0.05) is 24.5 Å². The summed E-state index contributed by atoms with van der Waals surface area (Å²) in [5.74, 6) is -0.129. The molecule has 0 aliphatic heterocycles. The Kier molecular flexibility index (Phi) is 5.09. The quantitative estimate of drug-likeness (QED) is 0.415. The summed E-state index contributed by atoms with van der Waals surface area (Å²) in [6.07, 6.45) is 3.62. The van der Waals surface area contributed by atoms with E-state index in [1.165, 1.54) is 23.9 Å². The topological polar surface area (TPSA) is 76.6 Å². The molecular formula is C22H17FN6OS. The summed E-state index contributed by atoms with van der Waals surface area (Å²) in [7, 11) is 0. The lowest BCUT2D eigenvalue weighted by atomic mass is 10.1. The lowest BCUT2D eigenvalue weighted by Gasteiger charge is -2.04. The monoisotopic (exact) mass is 432 g/mol. The van der Waals surface area contributed by atoms with Crippen LogP contribution in [0.3, 0.4) is 0 Å². The van der Waals surface area contributed by atoms with Crippen LogP contribution in [-0.4, -0.2) is 35.9 Å². The first kappa shape index (κ1) is 19.3. The largest absolute Gasteiger partial charge is 0.351 e. The van der Waals surface area contributed by atoms with Gasteiger partial charge in [-0.3, -0.25) is 9.20 Å². The molecule has 3 heterocycles. The van der Waals surface area contributed by atoms with E-state index >= 15 is 0 Å². The van der Waals surface area contributed by atoms with Gasteiger partial charge < -0.3 is 5.32 Å². The van der Waals surface area contributed by atoms with Crippen LogP contribution in [0, 0.1) is 5.82 Å². The molecule has 7 nitrogen and oxygen atoms in total. The van der Waals surface area contributed by atoms with Gasteiger partial charge in [0.1, 0.15) is 11.3 Å². The third-order valence-electron chi connectivity index (χ3n) is 4.79. The molecule has 154 valence electrons. The predicted molar refractivity (Wildman–Crippen MR) is 116 cm³/mol. The fourth-order valence-electron chi connectivity index (χ4n) is 3.23. The highest BCUT2D eigenvalue weighted by Gasteiger charge is 2.14. The number of fused-ring (bicyclic) bond motifs is 3. The Morgan fingerprint density at radius 2 is 1.84 bits per heavy atom. The SMILES string of the molecule is O=C(CSc1nnc2c3cc(-c4ccc(F)cc4)nn3ccn12)NCc1ccccc1. The molecule has 0 saturated carbocycles. The van der Waals surface area contributed by atoms with Crippen LogP contribution in [0.15, 0.2) is 78.2 Å². The third kappa shape index (κ3) is 3.99. The number of aromatic nitrogens is 5. The van der Waals surface area contributed by atoms with Crippen molar-refractivity contribution < 1.29 is 9.18 Å². The van der Waals surface area contributed by atoms with Crippen LogP contribution in [0.2, 0.25) is 0 Å². The van der Waals surface area contributed by atoms with Crippen molar-refractivity contribution >= 4 is 28.8 Å². The summed E-state index contributed by atoms with van der Waals surface area (Å²) in [5.41, 5.74) is 3.98. The second-order valence-electron chi connectivity index (χ2n) is 6.89. The standard InChI is InChI=1S/C22H17FN6OS/c23-17-8-6-16(7-9-17)18-12-19-21-25-26-22(28(21)10-11-29(19)27-18)31-14-20(30)24-13-15-4-2-1-3-5-15/h1-12H,13-14H2,(H,24,30). The number of thioether (sulfide) groups is 1. The van der Waals surface area contributed by atoms with E-state index in [1.54, 1.807) is 22.8 Å². The number of halogens is 1. The molecule has 1 amide bonds. The molecule has 31 heavy (non-hydrogen) atoms. The summed E-state index contributed by atoms with van der Waals surface area (Å²) in [6.45, 7) is 0.490. The Morgan fingerprint density at radius 3 is 2.65 bits per heavy atom. The normalized spacial score (nSPS) is 11.3. The molecule has 2 aromatic carbocycles. The predicted octanol–water partition coefficient (Wildman–Crippen LogP) is 3.59. The molecule has 0 unspecified atom stereocenters. The molecule has 0 radical (unpaired) electrons. The van der Waals surface area contributed by atoms with Gasteiger partial charge in [0.05, 0.1) is 11.4 Å². The average Bonchev–Trinajstić information content (AvgIpc) is 3.41. The van der Waals surface area contributed by atoms with Crippen molar-refractivity contribution in [2.24, 2.45) is 0 Å². The lowest BCUT2D eigenvalue weighted by Crippen LogP contribution is -2.24. The minimum atomic E-state index is -0.290. The van der Waals surface area contributed by atoms with Gasteiger partial charge in [0.2, 0.25) is 5.91 Å². The molecule has 0 bridgehead atoms. The van der Waals surface area contributed by atoms with Crippen LogP contribution in [0.1, 0.15) is 5.56 Å². The summed E-state index contributed by atoms with van der Waals surface area (Å²) in [4.78, 5) is 12.2. The van der Waals surface area contributed by atoms with Gasteiger partial charge in [-0.1, -0.05) is 42.1 Å². The molecule has 0 aliphatic carbocycles. The van der Waals surface area contributed by atoms with E-state index < -0.39 is 0 Å². The highest BCUT2D eigenvalue weighted by atomic mass is 32.2. The van der Waals surface area contributed by atoms with E-state index in [1.807, 2.05) is 47.0 Å². The Labute approximate surface area is 180 Å². The number of carbonyl (C=O) groups excluding carboxylic acids is 1. The molecule has 0 atom stereocenters. The molecule has 0 saturated heterocycles. The highest BCUT2D eigenvalue weighted by molar-refractivity contribution is 7.99. The van der Waals surface area contributed by atoms with E-state index in [2.05, 4.69) is 20.6 Å². The highest BCUT2D eigenvalue weighted by Crippen LogP contribution is 2.24. The maximum absolute atomic E-state index is 13.2. The summed E-state index contributed by atoms with van der Waals surface area (Å²) >= 11 is 1.32. The van der Waals surface area contributed by atoms with Gasteiger partial charge in [-0.2, -0.15) is 5.10 Å². The average molecular weight is 432 g/mol. The Hall–Kier alpha value is -3.72. The fourth-order valence-corrected chi connectivity index (χ4v) is 3.98. The van der Waals surface area contributed by atoms with Crippen LogP contribution in [0.25, 0.3) is 22.4 Å². The van der Waals surface area contributed by atoms with Gasteiger partial charge in [0.15, 0.2) is 10.8 Å². The van der Waals surface area contributed by atoms with Crippen LogP contribution >= 0.6 is 11.8 Å². The fraction of sp³-hybridized carbons (Fsp3) is 0.0909. The van der Waals surface area contributed by atoms with Gasteiger partial charge in [0.25, 0.3) is 0 Å². The van der Waals surface area contributed by atoms with Crippen molar-refractivity contribution in [1.29, 1.82) is 0 Å². The molecule has 5 aromatic rings. The zero-order valence-corrected chi connectivity index (χ0v) is 17.1. The second kappa shape index (κ2) is 8.19. The number of hydrogen-bond donors (Lipinski definition) is 1. The molecule has 9 heteroatoms. The van der Waals surface area contributed by atoms with E-state index in [4.69, 9.17) is 0 Å². The number of nitrogens with one attached hydrogen (secondary N) is 1. The van der Waals surface area contributed by atoms with E-state index in [0.29, 0.717) is 23.0 Å². The summed E-state index contributed by atoms with van der Waals surface area (Å²) in [6, 6.07) is 17.8. The lowest BCUT2D eigenvalue weighted by molar-refractivity contribution is -0.118. The summed E-state index contributed by atoms with van der Waals surface area (Å²) < 4.78 is 16.8. The first-order valence-electron chi connectivity index (χ1n) is 9.60. The Balaban J connectivity index is 1.33. The minimum absolute atomic E-state index is 0.0744. The first-order chi connectivity index (χ1) is 15.2. The summed E-state index contributed by atoms with van der Waals surface area (Å²) in [5, 5.41) is 16.6. The molecule has 3 aromatic heterocycles. The van der Waals surface area contributed by atoms with Gasteiger partial charge in [-0.15, -0.1) is 10.2 Å². The van der Waals surface area contributed by atoms with Crippen LogP contribution in [0.5, 0.6) is 0 Å². The van der Waals surface area contributed by atoms with Crippen molar-refractivity contribution in [2.45, 2.75) is 11.7 Å². The zero-order valence-electron chi connectivity index (χ0n) is 16.3. The van der Waals surface area contributed by atoms with E-state index in [-0.39, 0.29) is 17.5 Å². The molecule has 0 aliphatic rings. The first-order valence-corrected chi connectivity index (χ1v) is 10.6. The van der Waals surface area contributed by atoms with Crippen molar-refractivity contribution in [2.75, 3.05) is 5.75 Å². The van der Waals surface area contributed by atoms with Crippen molar-refractivity contribution in [1.82, 2.24) is 29.5 Å². The number of amides is 1. The number of hydrogen-bond acceptors (Lipinski definition) is 5. The van der Waals surface area contributed by atoms with Gasteiger partial charge in [-0.25, -0.2) is 8.91 Å². The number of carbonyl (C=O) groups is 1. The third-order valence-corrected chi connectivity index (χ3v) is 5.73. The van der Waals surface area contributed by atoms with Crippen LogP contribution in [-0.2, 0) is 11.3 Å². The zero-order chi connectivity index (χ0) is 21.2. The Morgan fingerprint density at radius 1 is 1.03 bits per heavy atom. The second-order valence-corrected chi connectivity index (χ2v) is 7.83. The molecule has 0 fully saturated rings. The maximum Gasteiger partial charge on any atom is 0.230 e. The molecule has 5 rings (SSSR count). The number of rotatable bonds is 6. The van der Waals surface area contributed by atoms with Crippen molar-refractivity contribution in [3.8, 4) is 11.3 Å². The van der Waals surface area contributed by atoms with E-state index in [9.17, 15) is 9.18 Å². The van der Waals surface area contributed by atoms with Gasteiger partial charge >= 0.3 is 0 Å². The molecule has 0 spiro atoms. The van der Waals surface area contributed by atoms with Gasteiger partial charge in [-0.05, 0) is 35.9 Å². The minimum Gasteiger partial charge on any atom is -0.351 e. The smallest absolute Gasteiger partial charge is 0.230 e. The molecular weight excluding hydrogens is 415 g/mol. The van der Waals surface area contributed by atoms with E-state index in [0.717, 1.165) is 16.6 Å². The van der Waals surface area contributed by atoms with Crippen LogP contribution in [0.4, 0.5) is 4.39 Å².